The normalized spacial score (nSPS) is 22.1. The number of nitrogens with one attached hydrogen (secondary N) is 1. The lowest BCUT2D eigenvalue weighted by atomic mass is 10.00. The lowest BCUT2D eigenvalue weighted by molar-refractivity contribution is -0.128. The number of rotatable bonds is 4. The van der Waals surface area contributed by atoms with Crippen LogP contribution < -0.4 is 11.2 Å². The van der Waals surface area contributed by atoms with E-state index in [9.17, 15) is 4.79 Å². The molecule has 0 aromatic heterocycles. The second-order valence-corrected chi connectivity index (χ2v) is 4.44. The van der Waals surface area contributed by atoms with Crippen molar-refractivity contribution in [3.63, 3.8) is 0 Å². The fourth-order valence-corrected chi connectivity index (χ4v) is 1.75. The summed E-state index contributed by atoms with van der Waals surface area (Å²) in [6, 6.07) is -0.378. The summed E-state index contributed by atoms with van der Waals surface area (Å²) >= 11 is 0. The van der Waals surface area contributed by atoms with Gasteiger partial charge in [0.05, 0.1) is 6.04 Å². The molecule has 1 amide bonds. The van der Waals surface area contributed by atoms with Gasteiger partial charge in [0.1, 0.15) is 0 Å². The number of nitrogens with two attached hydrogens (primary N) is 1. The van der Waals surface area contributed by atoms with Gasteiger partial charge in [0.15, 0.2) is 0 Å². The molecule has 1 saturated heterocycles. The fourth-order valence-electron chi connectivity index (χ4n) is 1.75. The molecule has 0 bridgehead atoms. The zero-order valence-corrected chi connectivity index (χ0v) is 9.83. The summed E-state index contributed by atoms with van der Waals surface area (Å²) in [4.78, 5) is 11.7. The van der Waals surface area contributed by atoms with Crippen LogP contribution in [0.2, 0.25) is 0 Å². The first-order valence-electron chi connectivity index (χ1n) is 5.96. The molecule has 4 nitrogen and oxygen atoms in total. The number of carbonyl (C=O) groups excluding carboxylic acids is 1. The van der Waals surface area contributed by atoms with E-state index in [1.807, 2.05) is 11.9 Å². The van der Waals surface area contributed by atoms with Gasteiger partial charge < -0.3 is 5.73 Å². The van der Waals surface area contributed by atoms with Crippen LogP contribution in [0.1, 0.15) is 39.5 Å². The minimum atomic E-state index is -0.378. The monoisotopic (exact) mass is 213 g/mol. The van der Waals surface area contributed by atoms with Gasteiger partial charge in [-0.1, -0.05) is 26.7 Å². The quantitative estimate of drug-likeness (QED) is 0.728. The van der Waals surface area contributed by atoms with Crippen LogP contribution in [0.4, 0.5) is 0 Å². The van der Waals surface area contributed by atoms with E-state index in [1.54, 1.807) is 0 Å². The average Bonchev–Trinajstić information content (AvgIpc) is 2.28. The minimum absolute atomic E-state index is 0.0359. The summed E-state index contributed by atoms with van der Waals surface area (Å²) in [6.07, 6.45) is 4.54. The Bertz CT molecular complexity index is 202. The lowest BCUT2D eigenvalue weighted by Crippen LogP contribution is -2.52. The molecule has 2 atom stereocenters. The molecule has 1 heterocycles. The van der Waals surface area contributed by atoms with Gasteiger partial charge in [0.25, 0.3) is 5.91 Å². The van der Waals surface area contributed by atoms with E-state index in [0.717, 1.165) is 19.5 Å². The molecule has 0 aromatic rings. The van der Waals surface area contributed by atoms with Crippen molar-refractivity contribution in [1.82, 2.24) is 10.4 Å². The molecule has 1 aliphatic heterocycles. The van der Waals surface area contributed by atoms with Gasteiger partial charge in [-0.05, 0) is 18.8 Å². The predicted molar refractivity (Wildman–Crippen MR) is 61.0 cm³/mol. The van der Waals surface area contributed by atoms with Crippen LogP contribution in [0.25, 0.3) is 0 Å². The number of amides is 1. The molecule has 0 aliphatic carbocycles. The van der Waals surface area contributed by atoms with Crippen molar-refractivity contribution in [3.8, 4) is 0 Å². The zero-order valence-electron chi connectivity index (χ0n) is 9.83. The van der Waals surface area contributed by atoms with Crippen LogP contribution in [-0.2, 0) is 4.79 Å². The van der Waals surface area contributed by atoms with Gasteiger partial charge >= 0.3 is 0 Å². The van der Waals surface area contributed by atoms with Crippen LogP contribution in [0.15, 0.2) is 0 Å². The third-order valence-corrected chi connectivity index (χ3v) is 3.18. The molecule has 1 fully saturated rings. The predicted octanol–water partition coefficient (Wildman–Crippen LogP) is 0.877. The number of nitrogens with zero attached hydrogens (tertiary/aromatic N) is 1. The summed E-state index contributed by atoms with van der Waals surface area (Å²) in [6.45, 7) is 5.98. The second-order valence-electron chi connectivity index (χ2n) is 4.44. The van der Waals surface area contributed by atoms with E-state index in [-0.39, 0.29) is 17.9 Å². The molecular weight excluding hydrogens is 190 g/mol. The molecule has 0 radical (unpaired) electrons. The molecule has 1 aliphatic rings. The van der Waals surface area contributed by atoms with Crippen molar-refractivity contribution >= 4 is 5.91 Å². The minimum Gasteiger partial charge on any atom is -0.320 e. The van der Waals surface area contributed by atoms with Crippen molar-refractivity contribution in [2.75, 3.05) is 13.1 Å². The maximum absolute atomic E-state index is 11.7. The largest absolute Gasteiger partial charge is 0.320 e. The van der Waals surface area contributed by atoms with E-state index < -0.39 is 0 Å². The van der Waals surface area contributed by atoms with Gasteiger partial charge in [-0.3, -0.25) is 10.2 Å². The van der Waals surface area contributed by atoms with Gasteiger partial charge in [0.2, 0.25) is 0 Å². The van der Waals surface area contributed by atoms with Gasteiger partial charge in [-0.2, -0.15) is 0 Å². The van der Waals surface area contributed by atoms with Crippen LogP contribution in [-0.4, -0.2) is 30.0 Å². The molecule has 88 valence electrons. The highest BCUT2D eigenvalue weighted by Crippen LogP contribution is 2.08. The molecule has 1 rings (SSSR count). The Morgan fingerprint density at radius 3 is 2.53 bits per heavy atom. The molecule has 0 saturated carbocycles. The first kappa shape index (κ1) is 12.5. The SMILES string of the molecule is CCC(C)[C@H](N)C(=O)NN1CCCCC1. The average molecular weight is 213 g/mol. The van der Waals surface area contributed by atoms with E-state index in [0.29, 0.717) is 0 Å². The smallest absolute Gasteiger partial charge is 0.251 e. The van der Waals surface area contributed by atoms with Crippen molar-refractivity contribution < 1.29 is 4.79 Å². The van der Waals surface area contributed by atoms with Gasteiger partial charge in [0, 0.05) is 13.1 Å². The van der Waals surface area contributed by atoms with Crippen LogP contribution in [0, 0.1) is 5.92 Å². The molecule has 15 heavy (non-hydrogen) atoms. The topological polar surface area (TPSA) is 58.4 Å². The maximum Gasteiger partial charge on any atom is 0.251 e. The molecule has 4 heteroatoms. The number of hydrogen-bond acceptors (Lipinski definition) is 3. The van der Waals surface area contributed by atoms with Crippen LogP contribution in [0.5, 0.6) is 0 Å². The summed E-state index contributed by atoms with van der Waals surface area (Å²) in [5.41, 5.74) is 8.75. The Labute approximate surface area is 92.2 Å². The van der Waals surface area contributed by atoms with Crippen LogP contribution in [0.3, 0.4) is 0 Å². The standard InChI is InChI=1S/C11H23N3O/c1-3-9(2)10(12)11(15)13-14-7-5-4-6-8-14/h9-10H,3-8,12H2,1-2H3,(H,13,15)/t9?,10-/m0/s1. The highest BCUT2D eigenvalue weighted by molar-refractivity contribution is 5.81. The Hall–Kier alpha value is -0.610. The summed E-state index contributed by atoms with van der Waals surface area (Å²) in [5, 5.41) is 1.99. The third-order valence-electron chi connectivity index (χ3n) is 3.18. The van der Waals surface area contributed by atoms with Crippen molar-refractivity contribution in [3.05, 3.63) is 0 Å². The Morgan fingerprint density at radius 1 is 1.40 bits per heavy atom. The molecular formula is C11H23N3O. The first-order valence-corrected chi connectivity index (χ1v) is 5.96. The molecule has 3 N–H and O–H groups in total. The van der Waals surface area contributed by atoms with E-state index in [1.165, 1.54) is 19.3 Å². The van der Waals surface area contributed by atoms with Gasteiger partial charge in [-0.15, -0.1) is 0 Å². The number of hydrazine groups is 1. The highest BCUT2D eigenvalue weighted by Gasteiger charge is 2.21. The van der Waals surface area contributed by atoms with Gasteiger partial charge in [-0.25, -0.2) is 5.01 Å². The fraction of sp³-hybridized carbons (Fsp3) is 0.909. The van der Waals surface area contributed by atoms with E-state index in [2.05, 4.69) is 12.3 Å². The molecule has 0 aromatic carbocycles. The van der Waals surface area contributed by atoms with E-state index >= 15 is 0 Å². The second kappa shape index (κ2) is 6.08. The Balaban J connectivity index is 2.33. The Kier molecular flexibility index (Phi) is 5.05. The van der Waals surface area contributed by atoms with E-state index in [4.69, 9.17) is 5.73 Å². The first-order chi connectivity index (χ1) is 7.15. The lowest BCUT2D eigenvalue weighted by Gasteiger charge is -2.29. The number of piperidine rings is 1. The molecule has 0 spiro atoms. The number of carbonyl (C=O) groups is 1. The third kappa shape index (κ3) is 3.80. The summed E-state index contributed by atoms with van der Waals surface area (Å²) in [7, 11) is 0. The summed E-state index contributed by atoms with van der Waals surface area (Å²) < 4.78 is 0. The maximum atomic E-state index is 11.7. The van der Waals surface area contributed by atoms with Crippen LogP contribution >= 0.6 is 0 Å². The molecule has 1 unspecified atom stereocenters. The zero-order chi connectivity index (χ0) is 11.3. The summed E-state index contributed by atoms with van der Waals surface area (Å²) in [5.74, 6) is 0.209. The highest BCUT2D eigenvalue weighted by atomic mass is 16.2. The van der Waals surface area contributed by atoms with Crippen molar-refractivity contribution in [2.45, 2.75) is 45.6 Å². The Morgan fingerprint density at radius 2 is 2.00 bits per heavy atom. The van der Waals surface area contributed by atoms with Crippen molar-refractivity contribution in [2.24, 2.45) is 11.7 Å². The van der Waals surface area contributed by atoms with Crippen molar-refractivity contribution in [1.29, 1.82) is 0 Å². The number of hydrogen-bond donors (Lipinski definition) is 2.